The standard InChI is InChI=1S/C19H19NO5S/c1-14-13-20(18-6-4-3-5-17(14)18)19(21)25-11-12-26(22,23)16-9-7-15(24-2)8-10-16/h3-10,13H,11-12H2,1-2H3. The van der Waals surface area contributed by atoms with Gasteiger partial charge in [0.25, 0.3) is 0 Å². The Morgan fingerprint density at radius 1 is 1.08 bits per heavy atom. The van der Waals surface area contributed by atoms with E-state index in [2.05, 4.69) is 0 Å². The number of carbonyl (C=O) groups excluding carboxylic acids is 1. The number of hydrogen-bond acceptors (Lipinski definition) is 5. The molecule has 26 heavy (non-hydrogen) atoms. The van der Waals surface area contributed by atoms with Crippen molar-refractivity contribution in [1.82, 2.24) is 4.57 Å². The van der Waals surface area contributed by atoms with Crippen LogP contribution in [0.25, 0.3) is 10.9 Å². The molecule has 0 amide bonds. The van der Waals surface area contributed by atoms with Crippen molar-refractivity contribution in [3.63, 3.8) is 0 Å². The normalized spacial score (nSPS) is 11.5. The fourth-order valence-corrected chi connectivity index (χ4v) is 3.80. The summed E-state index contributed by atoms with van der Waals surface area (Å²) in [5.74, 6) is 0.286. The van der Waals surface area contributed by atoms with Gasteiger partial charge in [0.1, 0.15) is 12.4 Å². The van der Waals surface area contributed by atoms with E-state index in [1.54, 1.807) is 18.3 Å². The Balaban J connectivity index is 1.67. The molecule has 0 radical (unpaired) electrons. The summed E-state index contributed by atoms with van der Waals surface area (Å²) in [5.41, 5.74) is 1.68. The number of para-hydroxylation sites is 1. The predicted octanol–water partition coefficient (Wildman–Crippen LogP) is 3.42. The summed E-state index contributed by atoms with van der Waals surface area (Å²) in [4.78, 5) is 12.5. The number of sulfone groups is 1. The van der Waals surface area contributed by atoms with E-state index in [0.29, 0.717) is 5.75 Å². The SMILES string of the molecule is COc1ccc(S(=O)(=O)CCOC(=O)n2cc(C)c3ccccc32)cc1. The van der Waals surface area contributed by atoms with Crippen LogP contribution in [0.4, 0.5) is 4.79 Å². The molecule has 0 saturated carbocycles. The van der Waals surface area contributed by atoms with Crippen molar-refractivity contribution in [3.8, 4) is 5.75 Å². The second-order valence-electron chi connectivity index (χ2n) is 5.81. The Kier molecular flexibility index (Phi) is 4.99. The largest absolute Gasteiger partial charge is 0.497 e. The van der Waals surface area contributed by atoms with Crippen molar-refractivity contribution < 1.29 is 22.7 Å². The number of ether oxygens (including phenoxy) is 2. The Labute approximate surface area is 151 Å². The predicted molar refractivity (Wildman–Crippen MR) is 98.5 cm³/mol. The maximum atomic E-state index is 12.3. The van der Waals surface area contributed by atoms with E-state index in [-0.39, 0.29) is 17.3 Å². The molecule has 3 rings (SSSR count). The zero-order valence-corrected chi connectivity index (χ0v) is 15.3. The second-order valence-corrected chi connectivity index (χ2v) is 7.92. The Morgan fingerprint density at radius 3 is 2.46 bits per heavy atom. The topological polar surface area (TPSA) is 74.6 Å². The Hall–Kier alpha value is -2.80. The van der Waals surface area contributed by atoms with Gasteiger partial charge in [-0.3, -0.25) is 4.57 Å². The van der Waals surface area contributed by atoms with Gasteiger partial charge in [-0.05, 0) is 42.8 Å². The van der Waals surface area contributed by atoms with Gasteiger partial charge < -0.3 is 9.47 Å². The van der Waals surface area contributed by atoms with Crippen LogP contribution in [0.3, 0.4) is 0 Å². The monoisotopic (exact) mass is 373 g/mol. The van der Waals surface area contributed by atoms with Gasteiger partial charge in [-0.2, -0.15) is 0 Å². The minimum Gasteiger partial charge on any atom is -0.497 e. The lowest BCUT2D eigenvalue weighted by atomic mass is 10.2. The van der Waals surface area contributed by atoms with Crippen LogP contribution < -0.4 is 4.74 Å². The molecule has 0 atom stereocenters. The van der Waals surface area contributed by atoms with E-state index >= 15 is 0 Å². The minimum absolute atomic E-state index is 0.164. The molecular formula is C19H19NO5S. The molecule has 0 saturated heterocycles. The summed E-state index contributed by atoms with van der Waals surface area (Å²) in [6.07, 6.45) is 1.09. The average molecular weight is 373 g/mol. The van der Waals surface area contributed by atoms with Crippen molar-refractivity contribution >= 4 is 26.8 Å². The number of nitrogens with zero attached hydrogens (tertiary/aromatic N) is 1. The molecule has 1 aromatic heterocycles. The van der Waals surface area contributed by atoms with Crippen LogP contribution >= 0.6 is 0 Å². The van der Waals surface area contributed by atoms with Gasteiger partial charge in [0.05, 0.1) is 23.3 Å². The molecule has 0 fully saturated rings. The number of aryl methyl sites for hydroxylation is 1. The molecule has 0 N–H and O–H groups in total. The van der Waals surface area contributed by atoms with E-state index in [0.717, 1.165) is 16.5 Å². The van der Waals surface area contributed by atoms with Crippen LogP contribution in [-0.4, -0.2) is 38.5 Å². The van der Waals surface area contributed by atoms with E-state index in [1.165, 1.54) is 23.8 Å². The zero-order valence-electron chi connectivity index (χ0n) is 14.5. The van der Waals surface area contributed by atoms with Gasteiger partial charge in [0, 0.05) is 11.6 Å². The number of aromatic nitrogens is 1. The first kappa shape index (κ1) is 18.0. The van der Waals surface area contributed by atoms with E-state index in [9.17, 15) is 13.2 Å². The number of hydrogen-bond donors (Lipinski definition) is 0. The van der Waals surface area contributed by atoms with Gasteiger partial charge in [-0.25, -0.2) is 13.2 Å². The molecule has 0 spiro atoms. The maximum absolute atomic E-state index is 12.3. The minimum atomic E-state index is -3.54. The molecule has 0 unspecified atom stereocenters. The smallest absolute Gasteiger partial charge is 0.418 e. The van der Waals surface area contributed by atoms with Crippen LogP contribution in [0.1, 0.15) is 5.56 Å². The highest BCUT2D eigenvalue weighted by molar-refractivity contribution is 7.91. The first-order chi connectivity index (χ1) is 12.4. The van der Waals surface area contributed by atoms with Crippen LogP contribution in [0.2, 0.25) is 0 Å². The van der Waals surface area contributed by atoms with Crippen molar-refractivity contribution in [2.75, 3.05) is 19.5 Å². The van der Waals surface area contributed by atoms with Crippen molar-refractivity contribution in [3.05, 3.63) is 60.3 Å². The fourth-order valence-electron chi connectivity index (χ4n) is 2.71. The maximum Gasteiger partial charge on any atom is 0.418 e. The summed E-state index contributed by atoms with van der Waals surface area (Å²) in [5, 5.41) is 0.954. The molecule has 6 nitrogen and oxygen atoms in total. The highest BCUT2D eigenvalue weighted by Gasteiger charge is 2.17. The van der Waals surface area contributed by atoms with E-state index in [4.69, 9.17) is 9.47 Å². The Morgan fingerprint density at radius 2 is 1.77 bits per heavy atom. The lowest BCUT2D eigenvalue weighted by Gasteiger charge is -2.08. The molecule has 2 aromatic carbocycles. The molecule has 136 valence electrons. The number of benzene rings is 2. The highest BCUT2D eigenvalue weighted by atomic mass is 32.2. The lowest BCUT2D eigenvalue weighted by Crippen LogP contribution is -2.18. The van der Waals surface area contributed by atoms with E-state index < -0.39 is 15.9 Å². The summed E-state index contributed by atoms with van der Waals surface area (Å²) in [6, 6.07) is 13.6. The van der Waals surface area contributed by atoms with Crippen LogP contribution in [0.5, 0.6) is 5.75 Å². The lowest BCUT2D eigenvalue weighted by molar-refractivity contribution is 0.155. The first-order valence-corrected chi connectivity index (χ1v) is 9.68. The van der Waals surface area contributed by atoms with Gasteiger partial charge in [0.2, 0.25) is 0 Å². The van der Waals surface area contributed by atoms with Crippen LogP contribution in [0, 0.1) is 6.92 Å². The fraction of sp³-hybridized carbons (Fsp3) is 0.211. The molecule has 0 bridgehead atoms. The molecular weight excluding hydrogens is 354 g/mol. The van der Waals surface area contributed by atoms with Crippen molar-refractivity contribution in [1.29, 1.82) is 0 Å². The average Bonchev–Trinajstić information content (AvgIpc) is 2.99. The first-order valence-electron chi connectivity index (χ1n) is 8.03. The van der Waals surface area contributed by atoms with Gasteiger partial charge >= 0.3 is 6.09 Å². The van der Waals surface area contributed by atoms with Gasteiger partial charge in [-0.15, -0.1) is 0 Å². The molecule has 0 aliphatic carbocycles. The summed E-state index contributed by atoms with van der Waals surface area (Å²) in [7, 11) is -2.03. The highest BCUT2D eigenvalue weighted by Crippen LogP contribution is 2.21. The summed E-state index contributed by atoms with van der Waals surface area (Å²) >= 11 is 0. The third-order valence-corrected chi connectivity index (χ3v) is 5.80. The van der Waals surface area contributed by atoms with Crippen molar-refractivity contribution in [2.24, 2.45) is 0 Å². The number of methoxy groups -OCH3 is 1. The van der Waals surface area contributed by atoms with E-state index in [1.807, 2.05) is 31.2 Å². The second kappa shape index (κ2) is 7.21. The summed E-state index contributed by atoms with van der Waals surface area (Å²) in [6.45, 7) is 1.68. The van der Waals surface area contributed by atoms with Gasteiger partial charge in [-0.1, -0.05) is 18.2 Å². The summed E-state index contributed by atoms with van der Waals surface area (Å²) < 4.78 is 36.2. The quantitative estimate of drug-likeness (QED) is 0.685. The van der Waals surface area contributed by atoms with Crippen molar-refractivity contribution in [2.45, 2.75) is 11.8 Å². The third kappa shape index (κ3) is 3.57. The third-order valence-electron chi connectivity index (χ3n) is 4.10. The molecule has 3 aromatic rings. The van der Waals surface area contributed by atoms with Gasteiger partial charge in [0.15, 0.2) is 9.84 Å². The number of carbonyl (C=O) groups is 1. The molecule has 1 heterocycles. The molecule has 0 aliphatic heterocycles. The molecule has 0 aliphatic rings. The Bertz CT molecular complexity index is 1040. The zero-order chi connectivity index (χ0) is 18.7. The molecule has 7 heteroatoms. The number of fused-ring (bicyclic) bond motifs is 1. The van der Waals surface area contributed by atoms with Crippen LogP contribution in [0.15, 0.2) is 59.6 Å². The number of rotatable bonds is 5. The van der Waals surface area contributed by atoms with Crippen LogP contribution in [-0.2, 0) is 14.6 Å².